The smallest absolute Gasteiger partial charge is 0.194 e. The van der Waals surface area contributed by atoms with Crippen LogP contribution in [0.5, 0.6) is 0 Å². The summed E-state index contributed by atoms with van der Waals surface area (Å²) in [5, 5.41) is 13.0. The second kappa shape index (κ2) is 10.4. The Hall–Kier alpha value is -3.13. The number of hydrazone groups is 1. The largest absolute Gasteiger partial charge is 0.358 e. The summed E-state index contributed by atoms with van der Waals surface area (Å²) in [7, 11) is -3.44. The number of rotatable bonds is 5. The predicted molar refractivity (Wildman–Crippen MR) is 140 cm³/mol. The molecule has 0 bridgehead atoms. The first kappa shape index (κ1) is 24.0. The van der Waals surface area contributed by atoms with Crippen LogP contribution in [-0.2, 0) is 9.84 Å². The van der Waals surface area contributed by atoms with Gasteiger partial charge in [-0.1, -0.05) is 49.1 Å². The Morgan fingerprint density at radius 1 is 1.26 bits per heavy atom. The van der Waals surface area contributed by atoms with E-state index in [-0.39, 0.29) is 11.2 Å². The van der Waals surface area contributed by atoms with Crippen LogP contribution < -0.4 is 10.6 Å². The molecule has 0 amide bonds. The van der Waals surface area contributed by atoms with Gasteiger partial charge in [-0.05, 0) is 63.3 Å². The number of aliphatic imine (C=N–C) groups is 1. The number of aryl methyl sites for hydroxylation is 1. The van der Waals surface area contributed by atoms with Gasteiger partial charge in [0.15, 0.2) is 14.9 Å². The van der Waals surface area contributed by atoms with E-state index in [2.05, 4.69) is 34.8 Å². The van der Waals surface area contributed by atoms with Gasteiger partial charge >= 0.3 is 0 Å². The Morgan fingerprint density at radius 2 is 2.06 bits per heavy atom. The van der Waals surface area contributed by atoms with Crippen LogP contribution in [0.15, 0.2) is 76.6 Å². The van der Waals surface area contributed by atoms with Crippen LogP contribution in [0.4, 0.5) is 0 Å². The first-order valence-electron chi connectivity index (χ1n) is 11.8. The second-order valence-electron chi connectivity index (χ2n) is 8.92. The molecule has 0 saturated heterocycles. The highest BCUT2D eigenvalue weighted by atomic mass is 32.2. The minimum Gasteiger partial charge on any atom is -0.358 e. The van der Waals surface area contributed by atoms with Crippen molar-refractivity contribution in [3.8, 4) is 0 Å². The molecule has 1 atom stereocenters. The summed E-state index contributed by atoms with van der Waals surface area (Å²) in [6, 6.07) is 8.54. The lowest BCUT2D eigenvalue weighted by Crippen LogP contribution is -2.36. The van der Waals surface area contributed by atoms with E-state index in [0.29, 0.717) is 6.04 Å². The summed E-state index contributed by atoms with van der Waals surface area (Å²) in [6.45, 7) is 4.01. The molecule has 34 heavy (non-hydrogen) atoms. The molecule has 2 heterocycles. The Balaban J connectivity index is 1.74. The quantitative estimate of drug-likeness (QED) is 0.488. The average molecular weight is 480 g/mol. The van der Waals surface area contributed by atoms with E-state index in [9.17, 15) is 8.42 Å². The molecular weight excluding hydrogens is 446 g/mol. The summed E-state index contributed by atoms with van der Waals surface area (Å²) < 4.78 is 24.4. The number of nitrogens with zero attached hydrogens (tertiary/aromatic N) is 3. The Kier molecular flexibility index (Phi) is 7.36. The van der Waals surface area contributed by atoms with E-state index in [1.165, 1.54) is 25.5 Å². The number of sulfone groups is 1. The minimum atomic E-state index is -3.44. The lowest BCUT2D eigenvalue weighted by molar-refractivity contribution is 0.323. The molecule has 0 radical (unpaired) electrons. The fraction of sp³-hybridized carbons (Fsp3) is 0.385. The normalized spacial score (nSPS) is 21.9. The van der Waals surface area contributed by atoms with Crippen LogP contribution in [0.3, 0.4) is 0 Å². The SMILES string of the molecule is C/C=C\NC(/C=C/C1=C(c2cccc(C)c2)NC2C=CC(S(C)(=O)=O)=NN12)=NC1CCCCC1. The fourth-order valence-corrected chi connectivity index (χ4v) is 4.92. The fourth-order valence-electron chi connectivity index (χ4n) is 4.36. The van der Waals surface area contributed by atoms with Crippen LogP contribution in [0, 0.1) is 6.92 Å². The average Bonchev–Trinajstić information content (AvgIpc) is 3.19. The van der Waals surface area contributed by atoms with Gasteiger partial charge in [-0.2, -0.15) is 5.10 Å². The molecule has 3 aliphatic rings. The van der Waals surface area contributed by atoms with E-state index in [1.807, 2.05) is 49.6 Å². The van der Waals surface area contributed by atoms with Gasteiger partial charge in [-0.25, -0.2) is 13.4 Å². The molecule has 4 rings (SSSR count). The number of benzene rings is 1. The van der Waals surface area contributed by atoms with E-state index >= 15 is 0 Å². The lowest BCUT2D eigenvalue weighted by Gasteiger charge is -2.24. The molecular formula is C26H33N5O2S. The molecule has 8 heteroatoms. The Labute approximate surface area is 202 Å². The van der Waals surface area contributed by atoms with Crippen LogP contribution in [-0.4, -0.2) is 42.8 Å². The summed E-state index contributed by atoms with van der Waals surface area (Å²) in [4.78, 5) is 4.96. The molecule has 1 saturated carbocycles. The number of fused-ring (bicyclic) bond motifs is 1. The highest BCUT2D eigenvalue weighted by molar-refractivity contribution is 8.06. The molecule has 1 unspecified atom stereocenters. The number of allylic oxidation sites excluding steroid dienone is 2. The van der Waals surface area contributed by atoms with Crippen molar-refractivity contribution in [1.29, 1.82) is 0 Å². The first-order valence-corrected chi connectivity index (χ1v) is 13.7. The van der Waals surface area contributed by atoms with Gasteiger partial charge in [0.2, 0.25) is 0 Å². The van der Waals surface area contributed by atoms with Gasteiger partial charge in [0.05, 0.1) is 17.4 Å². The minimum absolute atomic E-state index is 0.0464. The third-order valence-electron chi connectivity index (χ3n) is 6.07. The maximum atomic E-state index is 12.2. The number of nitrogens with one attached hydrogen (secondary N) is 2. The van der Waals surface area contributed by atoms with Gasteiger partial charge in [0.1, 0.15) is 12.0 Å². The third-order valence-corrected chi connectivity index (χ3v) is 7.04. The molecule has 7 nitrogen and oxygen atoms in total. The molecule has 1 aliphatic carbocycles. The van der Waals surface area contributed by atoms with Crippen LogP contribution in [0.1, 0.15) is 50.2 Å². The van der Waals surface area contributed by atoms with Crippen LogP contribution in [0.2, 0.25) is 0 Å². The second-order valence-corrected chi connectivity index (χ2v) is 10.9. The van der Waals surface area contributed by atoms with Crippen LogP contribution in [0.25, 0.3) is 5.70 Å². The van der Waals surface area contributed by atoms with Gasteiger partial charge in [0, 0.05) is 11.8 Å². The van der Waals surface area contributed by atoms with Crippen molar-refractivity contribution in [2.45, 2.75) is 58.2 Å². The zero-order valence-corrected chi connectivity index (χ0v) is 20.8. The summed E-state index contributed by atoms with van der Waals surface area (Å²) in [5.74, 6) is 0.782. The predicted octanol–water partition coefficient (Wildman–Crippen LogP) is 4.23. The van der Waals surface area contributed by atoms with E-state index < -0.39 is 9.84 Å². The maximum Gasteiger partial charge on any atom is 0.194 e. The lowest BCUT2D eigenvalue weighted by atomic mass is 9.96. The molecule has 2 aliphatic heterocycles. The zero-order chi connectivity index (χ0) is 24.1. The van der Waals surface area contributed by atoms with Gasteiger partial charge in [-0.3, -0.25) is 4.99 Å². The highest BCUT2D eigenvalue weighted by Gasteiger charge is 2.33. The molecule has 0 spiro atoms. The summed E-state index contributed by atoms with van der Waals surface area (Å²) in [6.07, 6.45) is 18.0. The van der Waals surface area contributed by atoms with Crippen molar-refractivity contribution in [3.05, 3.63) is 77.7 Å². The van der Waals surface area contributed by atoms with Crippen molar-refractivity contribution >= 4 is 26.4 Å². The van der Waals surface area contributed by atoms with E-state index in [1.54, 1.807) is 11.1 Å². The molecule has 180 valence electrons. The third kappa shape index (κ3) is 5.67. The first-order chi connectivity index (χ1) is 16.3. The van der Waals surface area contributed by atoms with Gasteiger partial charge in [0.25, 0.3) is 0 Å². The highest BCUT2D eigenvalue weighted by Crippen LogP contribution is 2.32. The van der Waals surface area contributed by atoms with Crippen molar-refractivity contribution < 1.29 is 8.42 Å². The van der Waals surface area contributed by atoms with Gasteiger partial charge < -0.3 is 10.6 Å². The Morgan fingerprint density at radius 3 is 2.76 bits per heavy atom. The molecule has 1 fully saturated rings. The zero-order valence-electron chi connectivity index (χ0n) is 20.0. The Bertz CT molecular complexity index is 1200. The molecule has 1 aromatic carbocycles. The van der Waals surface area contributed by atoms with Crippen molar-refractivity contribution in [3.63, 3.8) is 0 Å². The summed E-state index contributed by atoms with van der Waals surface area (Å²) >= 11 is 0. The molecule has 0 aromatic heterocycles. The van der Waals surface area contributed by atoms with Crippen molar-refractivity contribution in [1.82, 2.24) is 15.6 Å². The van der Waals surface area contributed by atoms with Gasteiger partial charge in [-0.15, -0.1) is 0 Å². The number of hydrogen-bond acceptors (Lipinski definition) is 6. The summed E-state index contributed by atoms with van der Waals surface area (Å²) in [5.41, 5.74) is 3.85. The standard InChI is InChI=1S/C26H33N5O2S/c1-4-17-27-23(28-21-11-6-5-7-12-21)14-13-22-26(20-10-8-9-19(2)18-20)29-24-15-16-25(30-31(22)24)34(3,32)33/h4,8-10,13-18,21,24,29H,5-7,11-12H2,1-3H3,(H,27,28)/b14-13+,17-4-. The number of amidine groups is 1. The topological polar surface area (TPSA) is 86.2 Å². The monoisotopic (exact) mass is 479 g/mol. The maximum absolute atomic E-state index is 12.2. The van der Waals surface area contributed by atoms with Crippen molar-refractivity contribution in [2.75, 3.05) is 6.26 Å². The molecule has 2 N–H and O–H groups in total. The van der Waals surface area contributed by atoms with E-state index in [4.69, 9.17) is 4.99 Å². The van der Waals surface area contributed by atoms with E-state index in [0.717, 1.165) is 41.2 Å². The van der Waals surface area contributed by atoms with Crippen LogP contribution >= 0.6 is 0 Å². The molecule has 1 aromatic rings. The number of hydrogen-bond donors (Lipinski definition) is 2. The van der Waals surface area contributed by atoms with Crippen molar-refractivity contribution in [2.24, 2.45) is 10.1 Å².